The lowest BCUT2D eigenvalue weighted by Crippen LogP contribution is -2.27. The van der Waals surface area contributed by atoms with Gasteiger partial charge in [-0.15, -0.1) is 0 Å². The van der Waals surface area contributed by atoms with E-state index in [0.29, 0.717) is 30.0 Å². The Hall–Kier alpha value is -3.45. The second kappa shape index (κ2) is 8.35. The summed E-state index contributed by atoms with van der Waals surface area (Å²) in [5.74, 6) is -1.07. The van der Waals surface area contributed by atoms with Gasteiger partial charge in [0.1, 0.15) is 16.8 Å². The van der Waals surface area contributed by atoms with Crippen LogP contribution in [0.3, 0.4) is 0 Å². The number of rotatable bonds is 4. The fourth-order valence-corrected chi connectivity index (χ4v) is 3.85. The summed E-state index contributed by atoms with van der Waals surface area (Å²) in [5, 5.41) is 11.1. The minimum atomic E-state index is -0.707. The minimum absolute atomic E-state index is 0.131. The third-order valence-corrected chi connectivity index (χ3v) is 5.37. The third-order valence-electron chi connectivity index (χ3n) is 5.07. The van der Waals surface area contributed by atoms with Crippen LogP contribution in [-0.4, -0.2) is 32.8 Å². The molecule has 1 aliphatic carbocycles. The lowest BCUT2D eigenvalue weighted by molar-refractivity contribution is -0.123. The molecule has 0 unspecified atom stereocenters. The third kappa shape index (κ3) is 3.72. The molecule has 7 nitrogen and oxygen atoms in total. The van der Waals surface area contributed by atoms with E-state index in [1.54, 1.807) is 42.5 Å². The highest BCUT2D eigenvalue weighted by atomic mass is 35.5. The number of ketones is 2. The molecular formula is C23H19ClN2O5. The van der Waals surface area contributed by atoms with Crippen molar-refractivity contribution in [2.75, 3.05) is 6.61 Å². The average molecular weight is 439 g/mol. The lowest BCUT2D eigenvalue weighted by Gasteiger charge is -2.16. The van der Waals surface area contributed by atoms with Crippen LogP contribution < -0.4 is 10.3 Å². The van der Waals surface area contributed by atoms with Crippen molar-refractivity contribution in [2.24, 2.45) is 0 Å². The van der Waals surface area contributed by atoms with Gasteiger partial charge in [-0.05, 0) is 49.7 Å². The predicted octanol–water partition coefficient (Wildman–Crippen LogP) is 4.03. The highest BCUT2D eigenvalue weighted by Crippen LogP contribution is 2.27. The molecule has 1 heterocycles. The number of allylic oxidation sites excluding steroid dienone is 1. The molecular weight excluding hydrogens is 420 g/mol. The monoisotopic (exact) mass is 438 g/mol. The zero-order valence-electron chi connectivity index (χ0n) is 16.7. The van der Waals surface area contributed by atoms with Gasteiger partial charge in [-0.25, -0.2) is 4.98 Å². The zero-order chi connectivity index (χ0) is 22.1. The summed E-state index contributed by atoms with van der Waals surface area (Å²) in [6.45, 7) is 2.37. The normalized spacial score (nSPS) is 14.2. The highest BCUT2D eigenvalue weighted by Gasteiger charge is 2.30. The molecule has 0 saturated heterocycles. The predicted molar refractivity (Wildman–Crippen MR) is 117 cm³/mol. The number of halogens is 1. The number of aliphatic hydroxyl groups is 1. The number of fused-ring (bicyclic) bond motifs is 1. The Balaban J connectivity index is 2.02. The van der Waals surface area contributed by atoms with Crippen LogP contribution in [0.25, 0.3) is 22.5 Å². The number of carbonyl (C=O) groups is 2. The van der Waals surface area contributed by atoms with Gasteiger partial charge in [-0.3, -0.25) is 19.0 Å². The molecule has 2 aromatic carbocycles. The Morgan fingerprint density at radius 1 is 1.10 bits per heavy atom. The number of para-hydroxylation sites is 1. The van der Waals surface area contributed by atoms with Gasteiger partial charge in [0.05, 0.1) is 17.1 Å². The fraction of sp³-hybridized carbons (Fsp3) is 0.217. The Bertz CT molecular complexity index is 1270. The van der Waals surface area contributed by atoms with Gasteiger partial charge in [-0.1, -0.05) is 17.7 Å². The largest absolute Gasteiger partial charge is 0.505 e. The first kappa shape index (κ1) is 20.8. The van der Waals surface area contributed by atoms with E-state index in [4.69, 9.17) is 16.3 Å². The lowest BCUT2D eigenvalue weighted by atomic mass is 9.90. The summed E-state index contributed by atoms with van der Waals surface area (Å²) >= 11 is 6.33. The molecule has 1 N–H and O–H groups in total. The molecule has 3 aromatic rings. The second-order valence-electron chi connectivity index (χ2n) is 7.06. The zero-order valence-corrected chi connectivity index (χ0v) is 17.5. The summed E-state index contributed by atoms with van der Waals surface area (Å²) in [5.41, 5.74) is -0.271. The Morgan fingerprint density at radius 2 is 1.77 bits per heavy atom. The van der Waals surface area contributed by atoms with E-state index in [2.05, 4.69) is 4.98 Å². The highest BCUT2D eigenvalue weighted by molar-refractivity contribution is 6.35. The van der Waals surface area contributed by atoms with E-state index in [9.17, 15) is 19.5 Å². The molecule has 0 radical (unpaired) electrons. The second-order valence-corrected chi connectivity index (χ2v) is 7.47. The Morgan fingerprint density at radius 3 is 2.42 bits per heavy atom. The first-order valence-corrected chi connectivity index (χ1v) is 10.2. The van der Waals surface area contributed by atoms with Gasteiger partial charge in [0, 0.05) is 18.5 Å². The van der Waals surface area contributed by atoms with Crippen molar-refractivity contribution < 1.29 is 19.4 Å². The van der Waals surface area contributed by atoms with Gasteiger partial charge in [0.25, 0.3) is 5.56 Å². The van der Waals surface area contributed by atoms with Crippen LogP contribution >= 0.6 is 11.6 Å². The van der Waals surface area contributed by atoms with E-state index < -0.39 is 28.6 Å². The van der Waals surface area contributed by atoms with Crippen molar-refractivity contribution in [1.29, 1.82) is 0 Å². The van der Waals surface area contributed by atoms with Gasteiger partial charge < -0.3 is 9.84 Å². The number of ether oxygens (including phenoxy) is 1. The fourth-order valence-electron chi connectivity index (χ4n) is 3.64. The van der Waals surface area contributed by atoms with Gasteiger partial charge in [-0.2, -0.15) is 0 Å². The number of aliphatic hydroxyl groups excluding tert-OH is 1. The molecule has 0 aliphatic heterocycles. The van der Waals surface area contributed by atoms with E-state index >= 15 is 0 Å². The number of nitrogens with zero attached hydrogens (tertiary/aromatic N) is 2. The number of benzene rings is 2. The summed E-state index contributed by atoms with van der Waals surface area (Å²) < 4.78 is 6.80. The molecule has 31 heavy (non-hydrogen) atoms. The molecule has 8 heteroatoms. The van der Waals surface area contributed by atoms with Crippen molar-refractivity contribution >= 4 is 40.0 Å². The number of Topliss-reactive ketones (excluding diaryl/α,β-unsaturated/α-hetero) is 2. The molecule has 1 aliphatic rings. The van der Waals surface area contributed by atoms with Crippen molar-refractivity contribution in [1.82, 2.24) is 9.55 Å². The summed E-state index contributed by atoms with van der Waals surface area (Å²) in [6, 6.07) is 11.8. The summed E-state index contributed by atoms with van der Waals surface area (Å²) in [4.78, 5) is 42.3. The molecule has 158 valence electrons. The summed E-state index contributed by atoms with van der Waals surface area (Å²) in [6.07, 6.45) is 0.681. The van der Waals surface area contributed by atoms with E-state index in [0.717, 1.165) is 0 Å². The number of aromatic nitrogens is 2. The minimum Gasteiger partial charge on any atom is -0.505 e. The molecule has 0 bridgehead atoms. The van der Waals surface area contributed by atoms with Gasteiger partial charge in [0.15, 0.2) is 23.0 Å². The van der Waals surface area contributed by atoms with Crippen LogP contribution in [0.5, 0.6) is 5.75 Å². The molecule has 4 rings (SSSR count). The van der Waals surface area contributed by atoms with Crippen LogP contribution in [0.2, 0.25) is 5.02 Å². The maximum atomic E-state index is 13.4. The molecule has 1 aromatic heterocycles. The standard InChI is InChI=1S/C23H19ClN2O5/c1-2-31-14-11-9-13(10-12-14)26-16-6-3-5-15(24)20(16)25-21(23(26)30)22(29)19-17(27)7-4-8-18(19)28/h3,5-6,9-12,29H,2,4,7-8H2,1H3. The number of carbonyl (C=O) groups excluding carboxylic acids is 2. The first-order chi connectivity index (χ1) is 14.9. The molecule has 0 atom stereocenters. The van der Waals surface area contributed by atoms with Crippen molar-refractivity contribution in [3.05, 3.63) is 69.1 Å². The molecule has 0 amide bonds. The van der Waals surface area contributed by atoms with Crippen molar-refractivity contribution in [3.8, 4) is 11.4 Å². The van der Waals surface area contributed by atoms with Crippen LogP contribution in [0.1, 0.15) is 31.9 Å². The maximum absolute atomic E-state index is 13.4. The van der Waals surface area contributed by atoms with E-state index in [1.165, 1.54) is 4.57 Å². The van der Waals surface area contributed by atoms with Crippen LogP contribution in [0.15, 0.2) is 52.8 Å². The number of hydrogen-bond acceptors (Lipinski definition) is 6. The quantitative estimate of drug-likeness (QED) is 0.375. The van der Waals surface area contributed by atoms with Crippen molar-refractivity contribution in [3.63, 3.8) is 0 Å². The topological polar surface area (TPSA) is 98.5 Å². The first-order valence-electron chi connectivity index (χ1n) is 9.87. The van der Waals surface area contributed by atoms with Gasteiger partial charge in [0.2, 0.25) is 0 Å². The van der Waals surface area contributed by atoms with Crippen LogP contribution in [0.4, 0.5) is 0 Å². The van der Waals surface area contributed by atoms with Gasteiger partial charge >= 0.3 is 0 Å². The van der Waals surface area contributed by atoms with Crippen LogP contribution in [0, 0.1) is 0 Å². The smallest absolute Gasteiger partial charge is 0.285 e. The van der Waals surface area contributed by atoms with Crippen molar-refractivity contribution in [2.45, 2.75) is 26.2 Å². The number of hydrogen-bond donors (Lipinski definition) is 1. The Labute approximate surface area is 182 Å². The summed E-state index contributed by atoms with van der Waals surface area (Å²) in [7, 11) is 0. The van der Waals surface area contributed by atoms with E-state index in [-0.39, 0.29) is 29.0 Å². The maximum Gasteiger partial charge on any atom is 0.285 e. The Kier molecular flexibility index (Phi) is 5.61. The SMILES string of the molecule is CCOc1ccc(-n2c(=O)c(C(O)=C3C(=O)CCCC3=O)nc3c(Cl)cccc32)cc1. The van der Waals surface area contributed by atoms with E-state index in [1.807, 2.05) is 6.92 Å². The molecule has 0 spiro atoms. The average Bonchev–Trinajstić information content (AvgIpc) is 2.74. The molecule has 1 saturated carbocycles. The van der Waals surface area contributed by atoms with Crippen LogP contribution in [-0.2, 0) is 9.59 Å². The molecule has 1 fully saturated rings.